The van der Waals surface area contributed by atoms with Crippen molar-refractivity contribution in [3.05, 3.63) is 119 Å². The number of rotatable bonds is 2. The summed E-state index contributed by atoms with van der Waals surface area (Å²) >= 11 is 0. The average molecular weight is 348 g/mol. The van der Waals surface area contributed by atoms with Crippen molar-refractivity contribution < 1.29 is 0 Å². The minimum absolute atomic E-state index is 0.478. The van der Waals surface area contributed by atoms with E-state index in [0.29, 0.717) is 11.4 Å². The summed E-state index contributed by atoms with van der Waals surface area (Å²) in [5.41, 5.74) is 20.8. The molecule has 27 heavy (non-hydrogen) atoms. The van der Waals surface area contributed by atoms with Crippen LogP contribution in [0.5, 0.6) is 0 Å². The van der Waals surface area contributed by atoms with Gasteiger partial charge in [0.25, 0.3) is 0 Å². The number of hydrogen-bond acceptors (Lipinski definition) is 2. The predicted molar refractivity (Wildman–Crippen MR) is 113 cm³/mol. The topological polar surface area (TPSA) is 52.0 Å². The first-order chi connectivity index (χ1) is 13.2. The standard InChI is InChI=1S/C25H20N2/c26-22-16-15-20-19-13-7-8-14-21(19)25(23(20)24(22)27,17-9-3-1-4-10-17)18-11-5-2-6-12-18/h1-16H,26-27H2. The fourth-order valence-corrected chi connectivity index (χ4v) is 4.59. The van der Waals surface area contributed by atoms with Crippen molar-refractivity contribution in [1.29, 1.82) is 0 Å². The third kappa shape index (κ3) is 2.01. The van der Waals surface area contributed by atoms with Crippen LogP contribution < -0.4 is 11.5 Å². The van der Waals surface area contributed by atoms with E-state index in [1.54, 1.807) is 0 Å². The van der Waals surface area contributed by atoms with E-state index in [4.69, 9.17) is 11.5 Å². The Labute approximate surface area is 159 Å². The van der Waals surface area contributed by atoms with Crippen LogP contribution in [0.4, 0.5) is 11.4 Å². The van der Waals surface area contributed by atoms with Crippen LogP contribution in [0.15, 0.2) is 97.1 Å². The molecule has 0 fully saturated rings. The van der Waals surface area contributed by atoms with Crippen molar-refractivity contribution in [3.63, 3.8) is 0 Å². The Bertz CT molecular complexity index is 1090. The molecule has 130 valence electrons. The quantitative estimate of drug-likeness (QED) is 0.430. The normalized spacial score (nSPS) is 13.8. The zero-order valence-electron chi connectivity index (χ0n) is 14.9. The zero-order chi connectivity index (χ0) is 18.4. The molecule has 0 radical (unpaired) electrons. The van der Waals surface area contributed by atoms with E-state index in [-0.39, 0.29) is 0 Å². The van der Waals surface area contributed by atoms with E-state index in [0.717, 1.165) is 11.1 Å². The molecule has 4 N–H and O–H groups in total. The molecule has 0 unspecified atom stereocenters. The number of anilines is 2. The smallest absolute Gasteiger partial charge is 0.0734 e. The van der Waals surface area contributed by atoms with Crippen molar-refractivity contribution >= 4 is 11.4 Å². The number of hydrogen-bond donors (Lipinski definition) is 2. The average Bonchev–Trinajstić information content (AvgIpc) is 3.04. The van der Waals surface area contributed by atoms with Crippen LogP contribution >= 0.6 is 0 Å². The van der Waals surface area contributed by atoms with Gasteiger partial charge in [0.05, 0.1) is 16.8 Å². The molecule has 0 aromatic heterocycles. The summed E-state index contributed by atoms with van der Waals surface area (Å²) in [5, 5.41) is 0. The molecule has 0 saturated heterocycles. The summed E-state index contributed by atoms with van der Waals surface area (Å²) in [5.74, 6) is 0. The first-order valence-corrected chi connectivity index (χ1v) is 9.14. The molecule has 0 bridgehead atoms. The minimum Gasteiger partial charge on any atom is -0.397 e. The summed E-state index contributed by atoms with van der Waals surface area (Å²) in [4.78, 5) is 0. The number of nitrogens with two attached hydrogens (primary N) is 2. The summed E-state index contributed by atoms with van der Waals surface area (Å²) in [7, 11) is 0. The second kappa shape index (κ2) is 5.75. The Kier molecular flexibility index (Phi) is 3.34. The SMILES string of the molecule is Nc1ccc2c(c1N)C(c1ccccc1)(c1ccccc1)c1ccccc1-2. The van der Waals surface area contributed by atoms with Gasteiger partial charge in [-0.05, 0) is 33.9 Å². The van der Waals surface area contributed by atoms with Crippen LogP contribution in [0.1, 0.15) is 22.3 Å². The number of fused-ring (bicyclic) bond motifs is 3. The molecule has 5 rings (SSSR count). The van der Waals surface area contributed by atoms with Gasteiger partial charge in [-0.2, -0.15) is 0 Å². The molecule has 0 heterocycles. The molecule has 0 atom stereocenters. The van der Waals surface area contributed by atoms with E-state index < -0.39 is 5.41 Å². The van der Waals surface area contributed by atoms with Gasteiger partial charge in [0, 0.05) is 5.56 Å². The maximum Gasteiger partial charge on any atom is 0.0734 e. The van der Waals surface area contributed by atoms with Gasteiger partial charge in [-0.15, -0.1) is 0 Å². The van der Waals surface area contributed by atoms with Crippen molar-refractivity contribution in [1.82, 2.24) is 0 Å². The fourth-order valence-electron chi connectivity index (χ4n) is 4.59. The Morgan fingerprint density at radius 2 is 1.07 bits per heavy atom. The first kappa shape index (κ1) is 15.7. The highest BCUT2D eigenvalue weighted by Gasteiger charge is 2.47. The van der Waals surface area contributed by atoms with Crippen LogP contribution in [0.2, 0.25) is 0 Å². The van der Waals surface area contributed by atoms with Gasteiger partial charge in [-0.3, -0.25) is 0 Å². The molecule has 2 nitrogen and oxygen atoms in total. The highest BCUT2D eigenvalue weighted by atomic mass is 14.7. The maximum absolute atomic E-state index is 6.64. The van der Waals surface area contributed by atoms with Gasteiger partial charge >= 0.3 is 0 Å². The minimum atomic E-state index is -0.478. The monoisotopic (exact) mass is 348 g/mol. The molecule has 0 saturated carbocycles. The van der Waals surface area contributed by atoms with E-state index in [2.05, 4.69) is 78.9 Å². The van der Waals surface area contributed by atoms with Gasteiger partial charge in [0.15, 0.2) is 0 Å². The molecule has 4 aromatic rings. The number of benzene rings is 4. The molecule has 4 aromatic carbocycles. The van der Waals surface area contributed by atoms with Crippen LogP contribution in [-0.4, -0.2) is 0 Å². The fraction of sp³-hybridized carbons (Fsp3) is 0.0400. The molecule has 1 aliphatic rings. The highest BCUT2D eigenvalue weighted by Crippen LogP contribution is 2.58. The van der Waals surface area contributed by atoms with Crippen molar-refractivity contribution in [2.45, 2.75) is 5.41 Å². The lowest BCUT2D eigenvalue weighted by molar-refractivity contribution is 0.771. The lowest BCUT2D eigenvalue weighted by Gasteiger charge is -2.34. The molecular formula is C25H20N2. The Hall–Kier alpha value is -3.52. The van der Waals surface area contributed by atoms with Gasteiger partial charge in [-0.1, -0.05) is 91.0 Å². The Balaban J connectivity index is 2.02. The molecule has 0 amide bonds. The van der Waals surface area contributed by atoms with E-state index in [9.17, 15) is 0 Å². The largest absolute Gasteiger partial charge is 0.397 e. The molecule has 0 spiro atoms. The second-order valence-electron chi connectivity index (χ2n) is 7.02. The van der Waals surface area contributed by atoms with Crippen LogP contribution in [0, 0.1) is 0 Å². The van der Waals surface area contributed by atoms with Crippen LogP contribution in [0.3, 0.4) is 0 Å². The van der Waals surface area contributed by atoms with E-state index >= 15 is 0 Å². The van der Waals surface area contributed by atoms with Crippen LogP contribution in [-0.2, 0) is 5.41 Å². The van der Waals surface area contributed by atoms with Gasteiger partial charge in [0.1, 0.15) is 0 Å². The third-order valence-electron chi connectivity index (χ3n) is 5.69. The number of nitrogen functional groups attached to an aromatic ring is 2. The second-order valence-corrected chi connectivity index (χ2v) is 7.02. The van der Waals surface area contributed by atoms with Gasteiger partial charge < -0.3 is 11.5 Å². The highest BCUT2D eigenvalue weighted by molar-refractivity contribution is 5.93. The summed E-state index contributed by atoms with van der Waals surface area (Å²) < 4.78 is 0. The molecular weight excluding hydrogens is 328 g/mol. The van der Waals surface area contributed by atoms with Gasteiger partial charge in [0.2, 0.25) is 0 Å². The Morgan fingerprint density at radius 3 is 1.70 bits per heavy atom. The van der Waals surface area contributed by atoms with Crippen molar-refractivity contribution in [3.8, 4) is 11.1 Å². The lowest BCUT2D eigenvalue weighted by Crippen LogP contribution is -2.29. The van der Waals surface area contributed by atoms with E-state index in [1.165, 1.54) is 22.3 Å². The molecule has 0 aliphatic heterocycles. The summed E-state index contributed by atoms with van der Waals surface area (Å²) in [6.07, 6.45) is 0. The zero-order valence-corrected chi connectivity index (χ0v) is 14.9. The van der Waals surface area contributed by atoms with E-state index in [1.807, 2.05) is 18.2 Å². The first-order valence-electron chi connectivity index (χ1n) is 9.14. The predicted octanol–water partition coefficient (Wildman–Crippen LogP) is 5.21. The maximum atomic E-state index is 6.64. The third-order valence-corrected chi connectivity index (χ3v) is 5.69. The summed E-state index contributed by atoms with van der Waals surface area (Å²) in [6, 6.07) is 33.8. The Morgan fingerprint density at radius 1 is 0.519 bits per heavy atom. The summed E-state index contributed by atoms with van der Waals surface area (Å²) in [6.45, 7) is 0. The van der Waals surface area contributed by atoms with Gasteiger partial charge in [-0.25, -0.2) is 0 Å². The lowest BCUT2D eigenvalue weighted by atomic mass is 9.67. The van der Waals surface area contributed by atoms with Crippen molar-refractivity contribution in [2.24, 2.45) is 0 Å². The molecule has 2 heteroatoms. The molecule has 1 aliphatic carbocycles. The van der Waals surface area contributed by atoms with Crippen molar-refractivity contribution in [2.75, 3.05) is 11.5 Å². The van der Waals surface area contributed by atoms with Crippen LogP contribution in [0.25, 0.3) is 11.1 Å².